The summed E-state index contributed by atoms with van der Waals surface area (Å²) in [5.41, 5.74) is 0. The number of amides is 1. The highest BCUT2D eigenvalue weighted by Gasteiger charge is 2.59. The second-order valence-corrected chi connectivity index (χ2v) is 4.09. The van der Waals surface area contributed by atoms with Crippen LogP contribution in [0.1, 0.15) is 0 Å². The summed E-state index contributed by atoms with van der Waals surface area (Å²) >= 11 is 0. The first-order valence-corrected chi connectivity index (χ1v) is 4.65. The van der Waals surface area contributed by atoms with Crippen molar-refractivity contribution in [3.8, 4) is 0 Å². The molecule has 1 aliphatic heterocycles. The minimum absolute atomic E-state index is 0.144. The Balaban J connectivity index is 1.90. The number of piperidine rings is 1. The average Bonchev–Trinajstić information content (AvgIpc) is 2.62. The van der Waals surface area contributed by atoms with E-state index in [2.05, 4.69) is 11.9 Å². The molecule has 0 radical (unpaired) electrons. The van der Waals surface area contributed by atoms with Gasteiger partial charge in [0.1, 0.15) is 0 Å². The number of rotatable bonds is 2. The van der Waals surface area contributed by atoms with Gasteiger partial charge >= 0.3 is 0 Å². The predicted octanol–water partition coefficient (Wildman–Crippen LogP) is -0.186. The summed E-state index contributed by atoms with van der Waals surface area (Å²) < 4.78 is 0. The molecular weight excluding hydrogens is 168 g/mol. The van der Waals surface area contributed by atoms with E-state index in [0.717, 1.165) is 13.1 Å². The summed E-state index contributed by atoms with van der Waals surface area (Å²) in [6.45, 7) is 2.14. The smallest absolute Gasteiger partial charge is 0.249 e. The Morgan fingerprint density at radius 2 is 2.00 bits per heavy atom. The highest BCUT2D eigenvalue weighted by molar-refractivity contribution is 5.81. The maximum atomic E-state index is 11.6. The van der Waals surface area contributed by atoms with Gasteiger partial charge in [-0.2, -0.15) is 0 Å². The van der Waals surface area contributed by atoms with Crippen molar-refractivity contribution >= 4 is 5.91 Å². The van der Waals surface area contributed by atoms with Crippen LogP contribution in [-0.2, 0) is 9.63 Å². The summed E-state index contributed by atoms with van der Waals surface area (Å²) in [5, 5.41) is 1.35. The summed E-state index contributed by atoms with van der Waals surface area (Å²) in [6.07, 6.45) is 0. The second kappa shape index (κ2) is 2.96. The Hall–Kier alpha value is -0.610. The standard InChI is InChI=1S/C9H16N2O2/c1-10-4-6-7(5-10)8(6)9(12)11(2)13-3/h6-8H,4-5H2,1-3H3/t6-,7+,8+. The van der Waals surface area contributed by atoms with E-state index in [-0.39, 0.29) is 11.8 Å². The molecule has 0 spiro atoms. The van der Waals surface area contributed by atoms with Crippen molar-refractivity contribution in [2.45, 2.75) is 0 Å². The third-order valence-electron chi connectivity index (χ3n) is 3.25. The topological polar surface area (TPSA) is 32.8 Å². The molecule has 4 heteroatoms. The van der Waals surface area contributed by atoms with Crippen molar-refractivity contribution in [3.05, 3.63) is 0 Å². The molecule has 0 bridgehead atoms. The fourth-order valence-electron chi connectivity index (χ4n) is 2.40. The van der Waals surface area contributed by atoms with Gasteiger partial charge in [0.2, 0.25) is 5.91 Å². The molecule has 0 aromatic heterocycles. The highest BCUT2D eigenvalue weighted by atomic mass is 16.7. The van der Waals surface area contributed by atoms with Gasteiger partial charge in [-0.1, -0.05) is 0 Å². The van der Waals surface area contributed by atoms with Crippen LogP contribution in [0.15, 0.2) is 0 Å². The number of carbonyl (C=O) groups excluding carboxylic acids is 1. The van der Waals surface area contributed by atoms with Gasteiger partial charge in [0, 0.05) is 26.1 Å². The predicted molar refractivity (Wildman–Crippen MR) is 47.7 cm³/mol. The van der Waals surface area contributed by atoms with Crippen LogP contribution in [0.5, 0.6) is 0 Å². The Kier molecular flexibility index (Phi) is 2.04. The van der Waals surface area contributed by atoms with Crippen molar-refractivity contribution in [1.29, 1.82) is 0 Å². The van der Waals surface area contributed by atoms with Gasteiger partial charge in [0.25, 0.3) is 0 Å². The lowest BCUT2D eigenvalue weighted by molar-refractivity contribution is -0.171. The number of carbonyl (C=O) groups is 1. The molecule has 2 fully saturated rings. The first-order valence-electron chi connectivity index (χ1n) is 4.65. The van der Waals surface area contributed by atoms with E-state index in [1.165, 1.54) is 12.2 Å². The number of hydrogen-bond acceptors (Lipinski definition) is 3. The number of likely N-dealkylation sites (tertiary alicyclic amines) is 1. The average molecular weight is 184 g/mol. The van der Waals surface area contributed by atoms with Crippen molar-refractivity contribution in [2.75, 3.05) is 34.3 Å². The van der Waals surface area contributed by atoms with Gasteiger partial charge in [-0.25, -0.2) is 5.06 Å². The monoisotopic (exact) mass is 184 g/mol. The van der Waals surface area contributed by atoms with Crippen LogP contribution >= 0.6 is 0 Å². The molecular formula is C9H16N2O2. The van der Waals surface area contributed by atoms with Gasteiger partial charge in [-0.3, -0.25) is 9.63 Å². The van der Waals surface area contributed by atoms with Gasteiger partial charge in [0.15, 0.2) is 0 Å². The molecule has 1 aliphatic carbocycles. The van der Waals surface area contributed by atoms with Crippen molar-refractivity contribution in [3.63, 3.8) is 0 Å². The van der Waals surface area contributed by atoms with Gasteiger partial charge < -0.3 is 4.90 Å². The lowest BCUT2D eigenvalue weighted by Gasteiger charge is -2.17. The molecule has 1 heterocycles. The molecule has 13 heavy (non-hydrogen) atoms. The number of hydrogen-bond donors (Lipinski definition) is 0. The zero-order valence-corrected chi connectivity index (χ0v) is 8.36. The fraction of sp³-hybridized carbons (Fsp3) is 0.889. The van der Waals surface area contributed by atoms with Crippen LogP contribution in [0, 0.1) is 17.8 Å². The van der Waals surface area contributed by atoms with Crippen LogP contribution in [0.25, 0.3) is 0 Å². The maximum absolute atomic E-state index is 11.6. The lowest BCUT2D eigenvalue weighted by Crippen LogP contribution is -2.31. The zero-order chi connectivity index (χ0) is 9.59. The van der Waals surface area contributed by atoms with Crippen molar-refractivity contribution in [2.24, 2.45) is 17.8 Å². The second-order valence-electron chi connectivity index (χ2n) is 4.09. The minimum Gasteiger partial charge on any atom is -0.306 e. The Bertz CT molecular complexity index is 220. The SMILES string of the molecule is CON(C)C(=O)[C@H]1[C@@H]2CN(C)C[C@@H]21. The molecule has 1 amide bonds. The van der Waals surface area contributed by atoms with E-state index in [4.69, 9.17) is 4.84 Å². The van der Waals surface area contributed by atoms with Crippen LogP contribution < -0.4 is 0 Å². The summed E-state index contributed by atoms with van der Waals surface area (Å²) in [7, 11) is 5.32. The van der Waals surface area contributed by atoms with Crippen LogP contribution in [0.3, 0.4) is 0 Å². The molecule has 1 saturated heterocycles. The summed E-state index contributed by atoms with van der Waals surface area (Å²) in [6, 6.07) is 0. The quantitative estimate of drug-likeness (QED) is 0.558. The molecule has 4 nitrogen and oxygen atoms in total. The largest absolute Gasteiger partial charge is 0.306 e. The van der Waals surface area contributed by atoms with Crippen LogP contribution in [-0.4, -0.2) is 50.2 Å². The summed E-state index contributed by atoms with van der Waals surface area (Å²) in [5.74, 6) is 1.57. The first kappa shape index (κ1) is 8.97. The van der Waals surface area contributed by atoms with E-state index < -0.39 is 0 Å². The molecule has 0 aromatic rings. The van der Waals surface area contributed by atoms with Gasteiger partial charge in [-0.15, -0.1) is 0 Å². The number of hydroxylamine groups is 2. The molecule has 0 unspecified atom stereocenters. The van der Waals surface area contributed by atoms with E-state index in [1.807, 2.05) is 0 Å². The summed E-state index contributed by atoms with van der Waals surface area (Å²) in [4.78, 5) is 18.8. The third-order valence-corrected chi connectivity index (χ3v) is 3.25. The molecule has 0 aromatic carbocycles. The third kappa shape index (κ3) is 1.34. The van der Waals surface area contributed by atoms with Crippen molar-refractivity contribution < 1.29 is 9.63 Å². The van der Waals surface area contributed by atoms with E-state index in [1.54, 1.807) is 7.05 Å². The molecule has 0 N–H and O–H groups in total. The van der Waals surface area contributed by atoms with Crippen LogP contribution in [0.4, 0.5) is 0 Å². The van der Waals surface area contributed by atoms with E-state index in [9.17, 15) is 4.79 Å². The van der Waals surface area contributed by atoms with E-state index >= 15 is 0 Å². The number of fused-ring (bicyclic) bond motifs is 1. The molecule has 74 valence electrons. The highest BCUT2D eigenvalue weighted by Crippen LogP contribution is 2.51. The zero-order valence-electron chi connectivity index (χ0n) is 8.36. The Labute approximate surface area is 78.4 Å². The van der Waals surface area contributed by atoms with Gasteiger partial charge in [-0.05, 0) is 18.9 Å². The Morgan fingerprint density at radius 1 is 1.46 bits per heavy atom. The maximum Gasteiger partial charge on any atom is 0.249 e. The number of nitrogens with zero attached hydrogens (tertiary/aromatic N) is 2. The normalized spacial score (nSPS) is 37.3. The molecule has 3 atom stereocenters. The molecule has 2 aliphatic rings. The molecule has 2 rings (SSSR count). The van der Waals surface area contributed by atoms with E-state index in [0.29, 0.717) is 11.8 Å². The first-order chi connectivity index (χ1) is 6.15. The van der Waals surface area contributed by atoms with Crippen LogP contribution in [0.2, 0.25) is 0 Å². The minimum atomic E-state index is 0.144. The van der Waals surface area contributed by atoms with Crippen molar-refractivity contribution in [1.82, 2.24) is 9.96 Å². The lowest BCUT2D eigenvalue weighted by atomic mass is 10.2. The Morgan fingerprint density at radius 3 is 2.46 bits per heavy atom. The molecule has 1 saturated carbocycles. The fourth-order valence-corrected chi connectivity index (χ4v) is 2.40. The van der Waals surface area contributed by atoms with Gasteiger partial charge in [0.05, 0.1) is 7.11 Å².